The van der Waals surface area contributed by atoms with Gasteiger partial charge in [-0.3, -0.25) is 14.9 Å². The van der Waals surface area contributed by atoms with Gasteiger partial charge >= 0.3 is 0 Å². The lowest BCUT2D eigenvalue weighted by Gasteiger charge is -2.11. The van der Waals surface area contributed by atoms with Crippen LogP contribution in [0.15, 0.2) is 89.4 Å². The summed E-state index contributed by atoms with van der Waals surface area (Å²) in [6, 6.07) is 22.9. The molecule has 0 radical (unpaired) electrons. The summed E-state index contributed by atoms with van der Waals surface area (Å²) < 4.78 is 5.75. The van der Waals surface area contributed by atoms with Crippen molar-refractivity contribution in [2.24, 2.45) is 0 Å². The molecule has 4 aromatic rings. The molecule has 0 saturated heterocycles. The van der Waals surface area contributed by atoms with Crippen molar-refractivity contribution < 1.29 is 14.0 Å². The maximum Gasteiger partial charge on any atom is 0.255 e. The fourth-order valence-electron chi connectivity index (χ4n) is 3.47. The second-order valence-corrected chi connectivity index (χ2v) is 9.27. The molecule has 6 nitrogen and oxygen atoms in total. The van der Waals surface area contributed by atoms with Crippen LogP contribution in [0.1, 0.15) is 21.7 Å². The van der Waals surface area contributed by atoms with Crippen molar-refractivity contribution >= 4 is 69.8 Å². The first-order valence-corrected chi connectivity index (χ1v) is 12.3. The molecule has 0 spiro atoms. The largest absolute Gasteiger partial charge is 0.457 e. The molecule has 0 aliphatic rings. The summed E-state index contributed by atoms with van der Waals surface area (Å²) in [6.45, 7) is 1.88. The first-order chi connectivity index (χ1) is 17.8. The van der Waals surface area contributed by atoms with E-state index in [2.05, 4.69) is 16.0 Å². The number of furan rings is 1. The average molecular weight is 550 g/mol. The van der Waals surface area contributed by atoms with Crippen LogP contribution >= 0.6 is 35.4 Å². The van der Waals surface area contributed by atoms with Gasteiger partial charge in [0.2, 0.25) is 5.91 Å². The fraction of sp³-hybridized carbons (Fsp3) is 0.0357. The van der Waals surface area contributed by atoms with Crippen molar-refractivity contribution in [3.8, 4) is 11.3 Å². The molecule has 9 heteroatoms. The number of carbonyl (C=O) groups is 2. The highest BCUT2D eigenvalue weighted by atomic mass is 35.5. The number of thiocarbonyl (C=S) groups is 1. The maximum atomic E-state index is 12.6. The number of halogens is 2. The standard InChI is InChI=1S/C28H21Cl2N3O3S/c1-17-5-2-3-8-24(17)27(35)31-21-6-4-7-22(16-21)32-28(37)33-26(34)12-10-23-9-11-25(36-23)18-13-19(29)15-20(30)14-18/h2-16H,1H3,(H,31,35)(H2,32,33,34,37)/b12-10+. The lowest BCUT2D eigenvalue weighted by molar-refractivity contribution is -0.115. The maximum absolute atomic E-state index is 12.6. The van der Waals surface area contributed by atoms with E-state index in [9.17, 15) is 9.59 Å². The third-order valence-corrected chi connectivity index (χ3v) is 5.82. The summed E-state index contributed by atoms with van der Waals surface area (Å²) >= 11 is 17.3. The molecule has 0 bridgehead atoms. The molecular weight excluding hydrogens is 529 g/mol. The van der Waals surface area contributed by atoms with E-state index < -0.39 is 5.91 Å². The zero-order valence-electron chi connectivity index (χ0n) is 19.5. The number of hydrogen-bond donors (Lipinski definition) is 3. The van der Waals surface area contributed by atoms with Crippen molar-refractivity contribution in [2.45, 2.75) is 6.92 Å². The number of amides is 2. The van der Waals surface area contributed by atoms with Crippen molar-refractivity contribution in [2.75, 3.05) is 10.6 Å². The number of hydrogen-bond acceptors (Lipinski definition) is 4. The topological polar surface area (TPSA) is 83.4 Å². The Bertz CT molecular complexity index is 1490. The molecular formula is C28H21Cl2N3O3S. The van der Waals surface area contributed by atoms with Gasteiger partial charge in [-0.25, -0.2) is 0 Å². The molecule has 3 N–H and O–H groups in total. The zero-order chi connectivity index (χ0) is 26.4. The lowest BCUT2D eigenvalue weighted by Crippen LogP contribution is -2.32. The molecule has 0 atom stereocenters. The van der Waals surface area contributed by atoms with Crippen LogP contribution in [0.5, 0.6) is 0 Å². The minimum atomic E-state index is -0.440. The van der Waals surface area contributed by atoms with E-state index in [4.69, 9.17) is 39.8 Å². The van der Waals surface area contributed by atoms with E-state index in [1.165, 1.54) is 12.2 Å². The molecule has 4 rings (SSSR count). The number of nitrogens with one attached hydrogen (secondary N) is 3. The van der Waals surface area contributed by atoms with Gasteiger partial charge in [0.15, 0.2) is 5.11 Å². The van der Waals surface area contributed by atoms with Crippen LogP contribution in [-0.2, 0) is 4.79 Å². The minimum absolute atomic E-state index is 0.103. The van der Waals surface area contributed by atoms with Gasteiger partial charge in [-0.05, 0) is 85.4 Å². The monoisotopic (exact) mass is 549 g/mol. The van der Waals surface area contributed by atoms with Gasteiger partial charge in [0.05, 0.1) is 0 Å². The Morgan fingerprint density at radius 2 is 1.57 bits per heavy atom. The summed E-state index contributed by atoms with van der Waals surface area (Å²) in [4.78, 5) is 24.9. The van der Waals surface area contributed by atoms with Crippen molar-refractivity contribution in [3.63, 3.8) is 0 Å². The van der Waals surface area contributed by atoms with E-state index in [1.807, 2.05) is 25.1 Å². The molecule has 0 saturated carbocycles. The number of anilines is 2. The van der Waals surface area contributed by atoms with Crippen molar-refractivity contribution in [3.05, 3.63) is 112 Å². The molecule has 2 amide bonds. The first kappa shape index (κ1) is 26.2. The van der Waals surface area contributed by atoms with Crippen LogP contribution < -0.4 is 16.0 Å². The van der Waals surface area contributed by atoms with Crippen LogP contribution in [0.3, 0.4) is 0 Å². The van der Waals surface area contributed by atoms with Crippen LogP contribution in [0, 0.1) is 6.92 Å². The van der Waals surface area contributed by atoms with Gasteiger partial charge in [-0.15, -0.1) is 0 Å². The first-order valence-electron chi connectivity index (χ1n) is 11.1. The Balaban J connectivity index is 1.32. The van der Waals surface area contributed by atoms with Crippen LogP contribution in [0.25, 0.3) is 17.4 Å². The summed E-state index contributed by atoms with van der Waals surface area (Å²) in [5.74, 6) is 0.384. The smallest absolute Gasteiger partial charge is 0.255 e. The highest BCUT2D eigenvalue weighted by Gasteiger charge is 2.10. The molecule has 0 unspecified atom stereocenters. The molecule has 1 heterocycles. The van der Waals surface area contributed by atoms with E-state index >= 15 is 0 Å². The number of benzene rings is 3. The Hall–Kier alpha value is -3.91. The Kier molecular flexibility index (Phi) is 8.40. The van der Waals surface area contributed by atoms with Gasteiger partial charge in [-0.1, -0.05) is 47.5 Å². The predicted octanol–water partition coefficient (Wildman–Crippen LogP) is 7.34. The minimum Gasteiger partial charge on any atom is -0.457 e. The van der Waals surface area contributed by atoms with Crippen LogP contribution in [0.4, 0.5) is 11.4 Å². The van der Waals surface area contributed by atoms with E-state index in [-0.39, 0.29) is 11.0 Å². The summed E-state index contributed by atoms with van der Waals surface area (Å²) in [5, 5.41) is 9.47. The number of rotatable bonds is 6. The fourth-order valence-corrected chi connectivity index (χ4v) is 4.21. The third-order valence-electron chi connectivity index (χ3n) is 5.18. The van der Waals surface area contributed by atoms with Crippen molar-refractivity contribution in [1.82, 2.24) is 5.32 Å². The summed E-state index contributed by atoms with van der Waals surface area (Å²) in [5.41, 5.74) is 3.39. The predicted molar refractivity (Wildman–Crippen MR) is 153 cm³/mol. The molecule has 1 aromatic heterocycles. The Morgan fingerprint density at radius 1 is 0.865 bits per heavy atom. The quantitative estimate of drug-likeness (QED) is 0.173. The summed E-state index contributed by atoms with van der Waals surface area (Å²) in [7, 11) is 0. The number of carbonyl (C=O) groups excluding carboxylic acids is 2. The van der Waals surface area contributed by atoms with Gasteiger partial charge in [0.1, 0.15) is 11.5 Å². The molecule has 37 heavy (non-hydrogen) atoms. The van der Waals surface area contributed by atoms with Gasteiger partial charge in [-0.2, -0.15) is 0 Å². The van der Waals surface area contributed by atoms with E-state index in [1.54, 1.807) is 60.7 Å². The Morgan fingerprint density at radius 3 is 2.30 bits per heavy atom. The zero-order valence-corrected chi connectivity index (χ0v) is 21.9. The van der Waals surface area contributed by atoms with Crippen LogP contribution in [0.2, 0.25) is 10.0 Å². The molecule has 0 aliphatic carbocycles. The average Bonchev–Trinajstić information content (AvgIpc) is 3.32. The molecule has 0 fully saturated rings. The Labute approximate surface area is 229 Å². The number of aryl methyl sites for hydroxylation is 1. The highest BCUT2D eigenvalue weighted by Crippen LogP contribution is 2.29. The van der Waals surface area contributed by atoms with E-state index in [0.29, 0.717) is 38.5 Å². The van der Waals surface area contributed by atoms with E-state index in [0.717, 1.165) is 11.1 Å². The molecule has 0 aliphatic heterocycles. The second-order valence-electron chi connectivity index (χ2n) is 7.99. The third kappa shape index (κ3) is 7.30. The normalized spacial score (nSPS) is 10.8. The lowest BCUT2D eigenvalue weighted by atomic mass is 10.1. The molecule has 3 aromatic carbocycles. The summed E-state index contributed by atoms with van der Waals surface area (Å²) in [6.07, 6.45) is 2.83. The SMILES string of the molecule is Cc1ccccc1C(=O)Nc1cccc(NC(=S)NC(=O)/C=C/c2ccc(-c3cc(Cl)cc(Cl)c3)o2)c1. The van der Waals surface area contributed by atoms with Crippen molar-refractivity contribution in [1.29, 1.82) is 0 Å². The second kappa shape index (κ2) is 11.9. The van der Waals surface area contributed by atoms with Gasteiger partial charge in [0.25, 0.3) is 5.91 Å². The van der Waals surface area contributed by atoms with Crippen LogP contribution in [-0.4, -0.2) is 16.9 Å². The van der Waals surface area contributed by atoms with Gasteiger partial charge in [0, 0.05) is 38.6 Å². The highest BCUT2D eigenvalue weighted by molar-refractivity contribution is 7.80. The van der Waals surface area contributed by atoms with Gasteiger partial charge < -0.3 is 15.1 Å². The molecule has 186 valence electrons.